The minimum absolute atomic E-state index is 0.0572. The van der Waals surface area contributed by atoms with E-state index in [1.807, 2.05) is 44.2 Å². The highest BCUT2D eigenvalue weighted by Gasteiger charge is 2.19. The van der Waals surface area contributed by atoms with E-state index < -0.39 is 0 Å². The van der Waals surface area contributed by atoms with Crippen LogP contribution in [-0.2, 0) is 13.6 Å². The van der Waals surface area contributed by atoms with Crippen molar-refractivity contribution in [2.75, 3.05) is 0 Å². The first kappa shape index (κ1) is 15.0. The van der Waals surface area contributed by atoms with Gasteiger partial charge in [0.1, 0.15) is 0 Å². The van der Waals surface area contributed by atoms with E-state index in [1.54, 1.807) is 24.2 Å². The van der Waals surface area contributed by atoms with Crippen molar-refractivity contribution in [3.8, 4) is 0 Å². The predicted octanol–water partition coefficient (Wildman–Crippen LogP) is 2.44. The Hall–Kier alpha value is -2.36. The molecule has 0 unspecified atom stereocenters. The fourth-order valence-corrected chi connectivity index (χ4v) is 2.12. The van der Waals surface area contributed by atoms with Crippen molar-refractivity contribution < 1.29 is 4.79 Å². The molecule has 2 aromatic rings. The summed E-state index contributed by atoms with van der Waals surface area (Å²) in [5, 5.41) is 0. The Balaban J connectivity index is 2.27. The van der Waals surface area contributed by atoms with Crippen LogP contribution in [0.1, 0.15) is 29.8 Å². The molecule has 0 aliphatic carbocycles. The van der Waals surface area contributed by atoms with Crippen molar-refractivity contribution in [2.24, 2.45) is 7.05 Å². The van der Waals surface area contributed by atoms with Crippen molar-refractivity contribution in [1.29, 1.82) is 0 Å². The van der Waals surface area contributed by atoms with Crippen LogP contribution in [0.15, 0.2) is 53.5 Å². The van der Waals surface area contributed by atoms with Gasteiger partial charge in [0.2, 0.25) is 0 Å². The third kappa shape index (κ3) is 3.60. The van der Waals surface area contributed by atoms with Crippen molar-refractivity contribution >= 4 is 5.91 Å². The normalized spacial score (nSPS) is 10.7. The highest BCUT2D eigenvalue weighted by Crippen LogP contribution is 2.12. The molecule has 0 saturated heterocycles. The van der Waals surface area contributed by atoms with E-state index in [9.17, 15) is 9.59 Å². The fourth-order valence-electron chi connectivity index (χ4n) is 2.12. The molecule has 1 heterocycles. The van der Waals surface area contributed by atoms with Gasteiger partial charge in [-0.2, -0.15) is 0 Å². The second kappa shape index (κ2) is 6.39. The standard InChI is InChI=1S/C17H20N2O2/c1-13(2)19(12-14-7-5-4-6-8-14)17(21)15-9-10-18(3)16(20)11-15/h4-11,13H,12H2,1-3H3. The maximum atomic E-state index is 12.6. The molecule has 110 valence electrons. The molecule has 0 N–H and O–H groups in total. The maximum absolute atomic E-state index is 12.6. The number of pyridine rings is 1. The molecule has 0 fully saturated rings. The number of aromatic nitrogens is 1. The number of carbonyl (C=O) groups is 1. The van der Waals surface area contributed by atoms with Gasteiger partial charge in [0.15, 0.2) is 0 Å². The Labute approximate surface area is 124 Å². The smallest absolute Gasteiger partial charge is 0.254 e. The molecule has 1 amide bonds. The van der Waals surface area contributed by atoms with Gasteiger partial charge in [0.05, 0.1) is 0 Å². The molecule has 1 aromatic carbocycles. The van der Waals surface area contributed by atoms with Gasteiger partial charge < -0.3 is 9.47 Å². The summed E-state index contributed by atoms with van der Waals surface area (Å²) in [6, 6.07) is 13.0. The average molecular weight is 284 g/mol. The van der Waals surface area contributed by atoms with Gasteiger partial charge in [0.25, 0.3) is 11.5 Å². The van der Waals surface area contributed by atoms with Crippen molar-refractivity contribution in [3.63, 3.8) is 0 Å². The zero-order chi connectivity index (χ0) is 15.4. The second-order valence-corrected chi connectivity index (χ2v) is 5.38. The first-order chi connectivity index (χ1) is 9.99. The lowest BCUT2D eigenvalue weighted by Gasteiger charge is -2.27. The van der Waals surface area contributed by atoms with E-state index in [0.29, 0.717) is 12.1 Å². The number of amides is 1. The van der Waals surface area contributed by atoms with E-state index in [-0.39, 0.29) is 17.5 Å². The zero-order valence-corrected chi connectivity index (χ0v) is 12.6. The molecule has 0 bridgehead atoms. The van der Waals surface area contributed by atoms with Gasteiger partial charge in [-0.3, -0.25) is 9.59 Å². The van der Waals surface area contributed by atoms with Gasteiger partial charge >= 0.3 is 0 Å². The summed E-state index contributed by atoms with van der Waals surface area (Å²) in [6.45, 7) is 4.48. The summed E-state index contributed by atoms with van der Waals surface area (Å²) < 4.78 is 1.45. The monoisotopic (exact) mass is 284 g/mol. The average Bonchev–Trinajstić information content (AvgIpc) is 2.47. The Bertz CT molecular complexity index is 675. The summed E-state index contributed by atoms with van der Waals surface area (Å²) in [5.41, 5.74) is 1.33. The third-order valence-electron chi connectivity index (χ3n) is 3.43. The Morgan fingerprint density at radius 1 is 1.19 bits per heavy atom. The fraction of sp³-hybridized carbons (Fsp3) is 0.294. The molecule has 0 saturated carbocycles. The summed E-state index contributed by atoms with van der Waals surface area (Å²) in [5.74, 6) is -0.119. The summed E-state index contributed by atoms with van der Waals surface area (Å²) in [6.07, 6.45) is 1.62. The largest absolute Gasteiger partial charge is 0.332 e. The topological polar surface area (TPSA) is 42.3 Å². The van der Waals surface area contributed by atoms with Crippen LogP contribution < -0.4 is 5.56 Å². The van der Waals surface area contributed by atoms with Crippen molar-refractivity contribution in [2.45, 2.75) is 26.4 Å². The number of hydrogen-bond donors (Lipinski definition) is 0. The first-order valence-corrected chi connectivity index (χ1v) is 7.00. The van der Waals surface area contributed by atoms with Crippen molar-refractivity contribution in [1.82, 2.24) is 9.47 Å². The van der Waals surface area contributed by atoms with Crippen LogP contribution in [0.3, 0.4) is 0 Å². The first-order valence-electron chi connectivity index (χ1n) is 7.00. The summed E-state index contributed by atoms with van der Waals surface area (Å²) in [7, 11) is 1.67. The molecular formula is C17H20N2O2. The molecule has 0 atom stereocenters. The number of aryl methyl sites for hydroxylation is 1. The Kier molecular flexibility index (Phi) is 4.58. The minimum atomic E-state index is -0.177. The molecular weight excluding hydrogens is 264 g/mol. The van der Waals surface area contributed by atoms with Crippen LogP contribution in [0.2, 0.25) is 0 Å². The van der Waals surface area contributed by atoms with Gasteiger partial charge in [0, 0.05) is 37.5 Å². The number of nitrogens with zero attached hydrogens (tertiary/aromatic N) is 2. The van der Waals surface area contributed by atoms with Gasteiger partial charge in [-0.1, -0.05) is 30.3 Å². The van der Waals surface area contributed by atoms with E-state index >= 15 is 0 Å². The lowest BCUT2D eigenvalue weighted by Crippen LogP contribution is -2.37. The second-order valence-electron chi connectivity index (χ2n) is 5.38. The van der Waals surface area contributed by atoms with Crippen LogP contribution in [0, 0.1) is 0 Å². The van der Waals surface area contributed by atoms with Crippen LogP contribution in [0.4, 0.5) is 0 Å². The van der Waals surface area contributed by atoms with Crippen LogP contribution >= 0.6 is 0 Å². The minimum Gasteiger partial charge on any atom is -0.332 e. The van der Waals surface area contributed by atoms with Gasteiger partial charge in [-0.15, -0.1) is 0 Å². The number of hydrogen-bond acceptors (Lipinski definition) is 2. The van der Waals surface area contributed by atoms with Gasteiger partial charge in [-0.05, 0) is 25.5 Å². The molecule has 2 rings (SSSR count). The highest BCUT2D eigenvalue weighted by atomic mass is 16.2. The molecule has 1 aromatic heterocycles. The molecule has 0 aliphatic rings. The van der Waals surface area contributed by atoms with Crippen molar-refractivity contribution in [3.05, 3.63) is 70.1 Å². The van der Waals surface area contributed by atoms with E-state index in [0.717, 1.165) is 5.56 Å². The van der Waals surface area contributed by atoms with E-state index in [4.69, 9.17) is 0 Å². The highest BCUT2D eigenvalue weighted by molar-refractivity contribution is 5.94. The zero-order valence-electron chi connectivity index (χ0n) is 12.6. The van der Waals surface area contributed by atoms with E-state index in [1.165, 1.54) is 10.6 Å². The SMILES string of the molecule is CC(C)N(Cc1ccccc1)C(=O)c1ccn(C)c(=O)c1. The van der Waals surface area contributed by atoms with Crippen LogP contribution in [0.25, 0.3) is 0 Å². The molecule has 0 aliphatic heterocycles. The molecule has 4 heteroatoms. The molecule has 4 nitrogen and oxygen atoms in total. The van der Waals surface area contributed by atoms with E-state index in [2.05, 4.69) is 0 Å². The van der Waals surface area contributed by atoms with Crippen LogP contribution in [0.5, 0.6) is 0 Å². The Morgan fingerprint density at radius 2 is 1.86 bits per heavy atom. The molecule has 0 spiro atoms. The maximum Gasteiger partial charge on any atom is 0.254 e. The summed E-state index contributed by atoms with van der Waals surface area (Å²) in [4.78, 5) is 26.1. The molecule has 0 radical (unpaired) electrons. The number of rotatable bonds is 4. The Morgan fingerprint density at radius 3 is 2.43 bits per heavy atom. The summed E-state index contributed by atoms with van der Waals surface area (Å²) >= 11 is 0. The third-order valence-corrected chi connectivity index (χ3v) is 3.43. The predicted molar refractivity (Wildman–Crippen MR) is 83.1 cm³/mol. The van der Waals surface area contributed by atoms with Gasteiger partial charge in [-0.25, -0.2) is 0 Å². The molecule has 21 heavy (non-hydrogen) atoms. The number of benzene rings is 1. The van der Waals surface area contributed by atoms with Crippen LogP contribution in [-0.4, -0.2) is 21.4 Å². The quantitative estimate of drug-likeness (QED) is 0.865. The number of carbonyl (C=O) groups excluding carboxylic acids is 1. The lowest BCUT2D eigenvalue weighted by atomic mass is 10.1. The lowest BCUT2D eigenvalue weighted by molar-refractivity contribution is 0.0690.